The van der Waals surface area contributed by atoms with Gasteiger partial charge in [-0.15, -0.1) is 0 Å². The van der Waals surface area contributed by atoms with E-state index in [0.717, 1.165) is 89.9 Å². The number of ether oxygens (including phenoxy) is 10. The second-order valence-corrected chi connectivity index (χ2v) is 42.7. The summed E-state index contributed by atoms with van der Waals surface area (Å²) in [6.45, 7) is -2.91. The highest BCUT2D eigenvalue weighted by atomic mass is 32.2. The summed E-state index contributed by atoms with van der Waals surface area (Å²) < 4.78 is 211. The molecule has 0 spiro atoms. The lowest BCUT2D eigenvalue weighted by molar-refractivity contribution is -0.167. The van der Waals surface area contributed by atoms with Crippen molar-refractivity contribution in [3.63, 3.8) is 0 Å². The summed E-state index contributed by atoms with van der Waals surface area (Å²) in [5.41, 5.74) is 2.11. The molecule has 46 heteroatoms. The molecule has 16 rings (SSSR count). The number of hydrogen-bond donors (Lipinski definition) is 0. The average molecular weight is 1990 g/mol. The quantitative estimate of drug-likeness (QED) is 0.0122. The molecule has 2 atom stereocenters. The van der Waals surface area contributed by atoms with Gasteiger partial charge < -0.3 is 70.1 Å². The van der Waals surface area contributed by atoms with Gasteiger partial charge in [0.05, 0.1) is 147 Å². The van der Waals surface area contributed by atoms with Crippen LogP contribution in [0.25, 0.3) is 0 Å². The minimum Gasteiger partial charge on any atom is -0.748 e. The Hall–Kier alpha value is -10.4. The van der Waals surface area contributed by atoms with Crippen molar-refractivity contribution in [2.45, 2.75) is 160 Å². The zero-order valence-corrected chi connectivity index (χ0v) is 79.1. The van der Waals surface area contributed by atoms with Crippen LogP contribution in [0.4, 0.5) is 0 Å². The third kappa shape index (κ3) is 32.6. The summed E-state index contributed by atoms with van der Waals surface area (Å²) in [5.74, 6) is -9.19. The van der Waals surface area contributed by atoms with Gasteiger partial charge in [0.25, 0.3) is 0 Å². The smallest absolute Gasteiger partial charge is 0.343 e. The van der Waals surface area contributed by atoms with E-state index in [4.69, 9.17) is 86.6 Å². The summed E-state index contributed by atoms with van der Waals surface area (Å²) in [6, 6.07) is 30.4. The van der Waals surface area contributed by atoms with Crippen LogP contribution in [0.3, 0.4) is 0 Å². The van der Waals surface area contributed by atoms with Crippen LogP contribution in [0.2, 0.25) is 0 Å². The van der Waals surface area contributed by atoms with E-state index in [1.165, 1.54) is 73.9 Å². The molecule has 0 aliphatic heterocycles. The number of Topliss-reactive ketones (excluding diaryl/α,β-unsaturated/α-hetero) is 1. The number of carbonyl (C=O) groups excluding carboxylic acids is 11. The molecular formula is C92H98B5O36S5-5. The molecule has 6 aromatic rings. The van der Waals surface area contributed by atoms with Crippen LogP contribution in [0.1, 0.15) is 218 Å². The molecule has 732 valence electrons. The van der Waals surface area contributed by atoms with E-state index >= 15 is 0 Å². The van der Waals surface area contributed by atoms with Crippen molar-refractivity contribution >= 4 is 155 Å². The summed E-state index contributed by atoms with van der Waals surface area (Å²) in [5, 5.41) is 0. The molecule has 10 saturated carbocycles. The van der Waals surface area contributed by atoms with Gasteiger partial charge in [0.2, 0.25) is 0 Å². The van der Waals surface area contributed by atoms with Crippen molar-refractivity contribution in [2.75, 3.05) is 61.8 Å². The first-order valence-corrected chi connectivity index (χ1v) is 52.4. The third-order valence-corrected chi connectivity index (χ3v) is 28.2. The van der Waals surface area contributed by atoms with Gasteiger partial charge in [-0.2, -0.15) is 0 Å². The lowest BCUT2D eigenvalue weighted by atomic mass is 9.49. The van der Waals surface area contributed by atoms with Gasteiger partial charge in [-0.3, -0.25) is 24.0 Å². The minimum absolute atomic E-state index is 0.00794. The maximum atomic E-state index is 13.3. The molecule has 0 amide bonds. The zero-order chi connectivity index (χ0) is 101. The topological polar surface area (TPSA) is 566 Å². The zero-order valence-electron chi connectivity index (χ0n) is 75.0. The highest BCUT2D eigenvalue weighted by Gasteiger charge is 2.60. The lowest BCUT2D eigenvalue weighted by Gasteiger charge is -2.55. The van der Waals surface area contributed by atoms with Crippen molar-refractivity contribution in [3.8, 4) is 28.7 Å². The maximum Gasteiger partial charge on any atom is 0.343 e. The van der Waals surface area contributed by atoms with E-state index in [0.29, 0.717) is 70.8 Å². The Kier molecular flexibility index (Phi) is 39.0. The molecule has 10 radical (unpaired) electrons. The number of ketones is 1. The average Bonchev–Trinajstić information content (AvgIpc) is 1.28. The molecule has 36 nitrogen and oxygen atoms in total. The second kappa shape index (κ2) is 49.1. The Labute approximate surface area is 806 Å². The van der Waals surface area contributed by atoms with Gasteiger partial charge in [-0.05, 0) is 193 Å². The normalized spacial score (nSPS) is 20.7. The highest BCUT2D eigenvalue weighted by Crippen LogP contribution is 2.61. The van der Waals surface area contributed by atoms with Crippen LogP contribution in [0.5, 0.6) is 28.7 Å². The predicted molar refractivity (Wildman–Crippen MR) is 488 cm³/mol. The molecule has 6 aromatic carbocycles. The lowest BCUT2D eigenvalue weighted by Crippen LogP contribution is -2.55. The minimum atomic E-state index is -4.53. The van der Waals surface area contributed by atoms with E-state index in [2.05, 4.69) is 0 Å². The van der Waals surface area contributed by atoms with Gasteiger partial charge >= 0.3 is 59.7 Å². The Morgan fingerprint density at radius 1 is 0.304 bits per heavy atom. The van der Waals surface area contributed by atoms with Crippen LogP contribution < -0.4 is 23.7 Å². The van der Waals surface area contributed by atoms with E-state index < -0.39 is 177 Å². The second-order valence-electron chi connectivity index (χ2n) is 35.1. The standard InChI is InChI=1S/C21H23BO8S.C21H25BO7S.C17H21BO7S.C17H15BO7S.C16H19BO7S/c22-11-12-1-2-16(19(24)29-3-4-31(26,27)28)17(7-12)30-20(25)21-8-13-5-14(9-21)18(23)15(6-13)10-21;22-12-13-1-2-17(19(23)28-3-4-30(25,26)27)18(8-13)29-20(24)21-9-14-5-15(10-21)7-16(6-14)11-21;2*18-11-12-6-7-14(17(20)24-8-9-26(21,22)23)15(10-12)25-16(19)13-4-2-1-3-5-13;17-10-11-5-6-13(16(19)23-7-8-25(20,21)22)14(9-11)24-15(18)12-3-1-2-4-12/h1-2,7,13-15H,3-6,8-11H2,(H,26,27,28);1-2,8,14-16H,3-7,9-12H2,(H,25,26,27);6-7,10,13H,1-5,8-9,11H2,(H,21,22,23);1-7,10H,8-9,11H2,(H,21,22,23);5-6,9,12H,1-4,7-8,10H2,(H,20,21,22)/p-5. The van der Waals surface area contributed by atoms with Crippen molar-refractivity contribution in [1.82, 2.24) is 0 Å². The van der Waals surface area contributed by atoms with Gasteiger partial charge in [0.15, 0.2) is 0 Å². The highest BCUT2D eigenvalue weighted by molar-refractivity contribution is 7.86. The van der Waals surface area contributed by atoms with Gasteiger partial charge in [0, 0.05) is 11.8 Å². The van der Waals surface area contributed by atoms with E-state index in [-0.39, 0.29) is 129 Å². The molecule has 138 heavy (non-hydrogen) atoms. The summed E-state index contributed by atoms with van der Waals surface area (Å²) >= 11 is 0. The fourth-order valence-electron chi connectivity index (χ4n) is 18.7. The molecule has 10 aliphatic carbocycles. The summed E-state index contributed by atoms with van der Waals surface area (Å²) in [7, 11) is 5.57. The monoisotopic (exact) mass is 1990 g/mol. The fraction of sp³-hybridized carbons (Fsp3) is 0.489. The van der Waals surface area contributed by atoms with Crippen molar-refractivity contribution in [1.29, 1.82) is 0 Å². The van der Waals surface area contributed by atoms with Crippen LogP contribution in [0, 0.1) is 58.2 Å². The fourth-order valence-corrected chi connectivity index (χ4v) is 20.1. The maximum absolute atomic E-state index is 13.3. The molecule has 0 N–H and O–H groups in total. The number of esters is 10. The molecule has 0 saturated heterocycles. The molecule has 10 fully saturated rings. The number of rotatable bonds is 35. The van der Waals surface area contributed by atoms with Gasteiger partial charge in [-0.25, -0.2) is 70.9 Å². The van der Waals surface area contributed by atoms with Crippen LogP contribution in [0.15, 0.2) is 121 Å². The van der Waals surface area contributed by atoms with Crippen molar-refractivity contribution in [2.24, 2.45) is 58.2 Å². The van der Waals surface area contributed by atoms with Gasteiger partial charge in [0.1, 0.15) is 95.4 Å². The SMILES string of the molecule is [B]Cc1ccc(C(=O)OCCS(=O)(=O)[O-])c(OC(=O)C23CC4CC(C2)C(=O)C(C4)C3)c1.[B]Cc1ccc(C(=O)OCCS(=O)(=O)[O-])c(OC(=O)C23CC4CC(CC(C4)C2)C3)c1.[B]Cc1ccc(C(=O)OCCS(=O)(=O)[O-])c(OC(=O)C2CCCC2)c1.[B]Cc1ccc(C(=O)OCCS(=O)(=O)[O-])c(OC(=O)C2CCCCC2)c1.[B]Cc1ccc(C(=O)OCCS(=O)(=O)[O-])c(OC(=O)c2ccccc2)c1. The van der Waals surface area contributed by atoms with Gasteiger partial charge in [-0.1, -0.05) is 140 Å². The van der Waals surface area contributed by atoms with Crippen LogP contribution in [-0.4, -0.2) is 231 Å². The molecule has 10 aliphatic rings. The van der Waals surface area contributed by atoms with Crippen molar-refractivity contribution in [3.05, 3.63) is 183 Å². The van der Waals surface area contributed by atoms with Crippen LogP contribution in [-0.2, 0) is 130 Å². The Bertz CT molecular complexity index is 6010. The summed E-state index contributed by atoms with van der Waals surface area (Å²) in [4.78, 5) is 137. The Morgan fingerprint density at radius 3 is 0.819 bits per heavy atom. The van der Waals surface area contributed by atoms with Crippen molar-refractivity contribution < 1.29 is 165 Å². The molecule has 8 bridgehead atoms. The Morgan fingerprint density at radius 2 is 0.551 bits per heavy atom. The van der Waals surface area contributed by atoms with E-state index in [1.54, 1.807) is 66.7 Å². The molecule has 2 unspecified atom stereocenters. The molecular weight excluding hydrogens is 1900 g/mol. The largest absolute Gasteiger partial charge is 0.748 e. The number of hydrogen-bond acceptors (Lipinski definition) is 36. The summed E-state index contributed by atoms with van der Waals surface area (Å²) in [6.07, 6.45) is 18.1. The van der Waals surface area contributed by atoms with E-state index in [1.807, 2.05) is 0 Å². The third-order valence-electron chi connectivity index (χ3n) is 24.9. The number of carbonyl (C=O) groups is 11. The number of benzene rings is 6. The first kappa shape index (κ1) is 110. The predicted octanol–water partition coefficient (Wildman–Crippen LogP) is 7.51. The first-order chi connectivity index (χ1) is 65.2. The Balaban J connectivity index is 0.000000178. The molecule has 0 aromatic heterocycles. The molecule has 0 heterocycles. The van der Waals surface area contributed by atoms with Crippen LogP contribution >= 0.6 is 0 Å². The van der Waals surface area contributed by atoms with E-state index in [9.17, 15) is 118 Å². The first-order valence-electron chi connectivity index (χ1n) is 44.5.